The second-order valence-corrected chi connectivity index (χ2v) is 5.59. The van der Waals surface area contributed by atoms with E-state index in [4.69, 9.17) is 11.6 Å². The molecule has 0 aliphatic carbocycles. The lowest BCUT2D eigenvalue weighted by Crippen LogP contribution is -2.14. The molecule has 2 aromatic rings. The molecule has 21 heavy (non-hydrogen) atoms. The molecule has 6 heteroatoms. The molecule has 0 saturated carbocycles. The van der Waals surface area contributed by atoms with Gasteiger partial charge in [0.1, 0.15) is 5.82 Å². The largest absolute Gasteiger partial charge is 0.373 e. The number of anilines is 2. The molecule has 1 heterocycles. The number of carbonyl (C=O) groups excluding carboxylic acids is 1. The third-order valence-electron chi connectivity index (χ3n) is 2.96. The highest BCUT2D eigenvalue weighted by atomic mass is 79.9. The van der Waals surface area contributed by atoms with Crippen molar-refractivity contribution < 1.29 is 4.79 Å². The minimum absolute atomic E-state index is 0.202. The van der Waals surface area contributed by atoms with Gasteiger partial charge in [-0.25, -0.2) is 4.98 Å². The highest BCUT2D eigenvalue weighted by Gasteiger charge is 2.12. The van der Waals surface area contributed by atoms with E-state index < -0.39 is 0 Å². The second-order valence-electron chi connectivity index (χ2n) is 4.39. The van der Waals surface area contributed by atoms with Gasteiger partial charge in [-0.2, -0.15) is 0 Å². The molecule has 2 N–H and O–H groups in total. The van der Waals surface area contributed by atoms with E-state index >= 15 is 0 Å². The van der Waals surface area contributed by atoms with Gasteiger partial charge < -0.3 is 10.6 Å². The molecule has 1 amide bonds. The molecule has 4 nitrogen and oxygen atoms in total. The van der Waals surface area contributed by atoms with Crippen LogP contribution < -0.4 is 10.6 Å². The van der Waals surface area contributed by atoms with Crippen LogP contribution in [0.5, 0.6) is 0 Å². The number of nitrogens with one attached hydrogen (secondary N) is 2. The van der Waals surface area contributed by atoms with Crippen LogP contribution in [0.3, 0.4) is 0 Å². The molecule has 2 rings (SSSR count). The Hall–Kier alpha value is -1.59. The average molecular weight is 369 g/mol. The summed E-state index contributed by atoms with van der Waals surface area (Å²) in [4.78, 5) is 16.8. The quantitative estimate of drug-likeness (QED) is 0.843. The fourth-order valence-corrected chi connectivity index (χ4v) is 2.36. The lowest BCUT2D eigenvalue weighted by Gasteiger charge is -2.10. The highest BCUT2D eigenvalue weighted by Crippen LogP contribution is 2.30. The maximum absolute atomic E-state index is 12.4. The predicted octanol–water partition coefficient (Wildman–Crippen LogP) is 4.35. The third-order valence-corrected chi connectivity index (χ3v) is 4.36. The van der Waals surface area contributed by atoms with Crippen LogP contribution in [0.15, 0.2) is 34.8 Å². The number of hydrogen-bond donors (Lipinski definition) is 2. The first-order valence-corrected chi connectivity index (χ1v) is 7.66. The number of halogens is 2. The maximum atomic E-state index is 12.4. The molecule has 0 unspecified atom stereocenters. The summed E-state index contributed by atoms with van der Waals surface area (Å²) in [6, 6.07) is 8.82. The van der Waals surface area contributed by atoms with E-state index in [9.17, 15) is 4.79 Å². The molecule has 0 aliphatic rings. The average Bonchev–Trinajstić information content (AvgIpc) is 2.51. The molecule has 1 aromatic carbocycles. The zero-order chi connectivity index (χ0) is 15.4. The monoisotopic (exact) mass is 367 g/mol. The van der Waals surface area contributed by atoms with Gasteiger partial charge in [0.25, 0.3) is 5.91 Å². The smallest absolute Gasteiger partial charge is 0.255 e. The number of nitrogens with zero attached hydrogens (tertiary/aromatic N) is 1. The Balaban J connectivity index is 2.30. The number of aromatic nitrogens is 1. The molecule has 0 saturated heterocycles. The van der Waals surface area contributed by atoms with Gasteiger partial charge in [0.15, 0.2) is 0 Å². The van der Waals surface area contributed by atoms with Gasteiger partial charge in [0.05, 0.1) is 15.2 Å². The second kappa shape index (κ2) is 6.91. The van der Waals surface area contributed by atoms with Crippen LogP contribution in [0.1, 0.15) is 23.0 Å². The van der Waals surface area contributed by atoms with Crippen molar-refractivity contribution in [3.05, 3.63) is 51.1 Å². The summed E-state index contributed by atoms with van der Waals surface area (Å²) in [5, 5.41) is 6.35. The first-order chi connectivity index (χ1) is 10.0. The van der Waals surface area contributed by atoms with Crippen LogP contribution in [0.2, 0.25) is 5.02 Å². The zero-order valence-corrected chi connectivity index (χ0v) is 14.0. The number of aryl methyl sites for hydroxylation is 1. The summed E-state index contributed by atoms with van der Waals surface area (Å²) >= 11 is 9.39. The fraction of sp³-hybridized carbons (Fsp3) is 0.200. The van der Waals surface area contributed by atoms with E-state index in [0.717, 1.165) is 12.1 Å². The van der Waals surface area contributed by atoms with Crippen molar-refractivity contribution in [2.45, 2.75) is 13.3 Å². The topological polar surface area (TPSA) is 54.0 Å². The molecular weight excluding hydrogens is 354 g/mol. The molecule has 0 radical (unpaired) electrons. The molecular formula is C15H15BrClN3O. The Morgan fingerprint density at radius 1 is 1.38 bits per heavy atom. The van der Waals surface area contributed by atoms with Crippen molar-refractivity contribution in [3.63, 3.8) is 0 Å². The first kappa shape index (κ1) is 15.8. The summed E-state index contributed by atoms with van der Waals surface area (Å²) in [6.45, 7) is 2.00. The van der Waals surface area contributed by atoms with Crippen LogP contribution in [-0.4, -0.2) is 17.9 Å². The van der Waals surface area contributed by atoms with E-state index in [-0.39, 0.29) is 5.91 Å². The normalized spacial score (nSPS) is 10.3. The molecule has 110 valence electrons. The summed E-state index contributed by atoms with van der Waals surface area (Å²) in [6.07, 6.45) is 0.761. The fourth-order valence-electron chi connectivity index (χ4n) is 1.82. The first-order valence-electron chi connectivity index (χ1n) is 6.49. The van der Waals surface area contributed by atoms with Crippen LogP contribution in [0.4, 0.5) is 11.5 Å². The number of amides is 1. The number of pyridine rings is 1. The van der Waals surface area contributed by atoms with Crippen LogP contribution >= 0.6 is 27.5 Å². The number of hydrogen-bond acceptors (Lipinski definition) is 3. The van der Waals surface area contributed by atoms with E-state index in [0.29, 0.717) is 26.6 Å². The zero-order valence-electron chi connectivity index (χ0n) is 11.7. The van der Waals surface area contributed by atoms with Crippen LogP contribution in [0, 0.1) is 0 Å². The van der Waals surface area contributed by atoms with Crippen molar-refractivity contribution in [3.8, 4) is 0 Å². The van der Waals surface area contributed by atoms with Crippen molar-refractivity contribution in [1.29, 1.82) is 0 Å². The predicted molar refractivity (Wildman–Crippen MR) is 90.3 cm³/mol. The third kappa shape index (κ3) is 3.74. The number of carbonyl (C=O) groups is 1. The van der Waals surface area contributed by atoms with Gasteiger partial charge in [-0.15, -0.1) is 0 Å². The summed E-state index contributed by atoms with van der Waals surface area (Å²) < 4.78 is 0.665. The van der Waals surface area contributed by atoms with Gasteiger partial charge in [-0.1, -0.05) is 24.6 Å². The van der Waals surface area contributed by atoms with E-state index in [1.165, 1.54) is 0 Å². The lowest BCUT2D eigenvalue weighted by atomic mass is 10.1. The Kier molecular flexibility index (Phi) is 5.20. The SMILES string of the molecule is CCc1cc(C(=O)Nc2cccc(Cl)c2Br)cc(NC)n1. The van der Waals surface area contributed by atoms with Gasteiger partial charge in [0.2, 0.25) is 0 Å². The lowest BCUT2D eigenvalue weighted by molar-refractivity contribution is 0.102. The van der Waals surface area contributed by atoms with Crippen LogP contribution in [-0.2, 0) is 6.42 Å². The van der Waals surface area contributed by atoms with E-state index in [1.807, 2.05) is 6.92 Å². The molecule has 1 aromatic heterocycles. The summed E-state index contributed by atoms with van der Waals surface area (Å²) in [5.41, 5.74) is 2.05. The highest BCUT2D eigenvalue weighted by molar-refractivity contribution is 9.10. The van der Waals surface area contributed by atoms with Gasteiger partial charge >= 0.3 is 0 Å². The van der Waals surface area contributed by atoms with E-state index in [2.05, 4.69) is 31.5 Å². The van der Waals surface area contributed by atoms with Gasteiger partial charge in [-0.05, 0) is 46.6 Å². The Morgan fingerprint density at radius 2 is 2.14 bits per heavy atom. The van der Waals surface area contributed by atoms with E-state index in [1.54, 1.807) is 37.4 Å². The van der Waals surface area contributed by atoms with Crippen LogP contribution in [0.25, 0.3) is 0 Å². The van der Waals surface area contributed by atoms with Crippen molar-refractivity contribution in [2.24, 2.45) is 0 Å². The number of rotatable bonds is 4. The van der Waals surface area contributed by atoms with Crippen molar-refractivity contribution in [2.75, 3.05) is 17.7 Å². The molecule has 0 aliphatic heterocycles. The van der Waals surface area contributed by atoms with Crippen molar-refractivity contribution >= 4 is 44.9 Å². The Morgan fingerprint density at radius 3 is 2.81 bits per heavy atom. The minimum atomic E-state index is -0.202. The summed E-state index contributed by atoms with van der Waals surface area (Å²) in [5.74, 6) is 0.469. The van der Waals surface area contributed by atoms with Crippen molar-refractivity contribution in [1.82, 2.24) is 4.98 Å². The maximum Gasteiger partial charge on any atom is 0.255 e. The molecule has 0 bridgehead atoms. The minimum Gasteiger partial charge on any atom is -0.373 e. The number of benzene rings is 1. The Labute approximate surface area is 137 Å². The van der Waals surface area contributed by atoms with Gasteiger partial charge in [0, 0.05) is 18.3 Å². The molecule has 0 spiro atoms. The standard InChI is InChI=1S/C15H15BrClN3O/c1-3-10-7-9(8-13(18-2)19-10)15(21)20-12-6-4-5-11(17)14(12)16/h4-8H,3H2,1-2H3,(H,18,19)(H,20,21). The molecule has 0 atom stereocenters. The summed E-state index contributed by atoms with van der Waals surface area (Å²) in [7, 11) is 1.77. The molecule has 0 fully saturated rings. The van der Waals surface area contributed by atoms with Gasteiger partial charge in [-0.3, -0.25) is 4.79 Å². The Bertz CT molecular complexity index is 654.